The van der Waals surface area contributed by atoms with Crippen LogP contribution in [-0.4, -0.2) is 30.6 Å². The molecule has 1 aliphatic rings. The van der Waals surface area contributed by atoms with E-state index in [4.69, 9.17) is 5.73 Å². The molecule has 0 spiro atoms. The zero-order chi connectivity index (χ0) is 17.2. The lowest BCUT2D eigenvalue weighted by atomic mass is 9.59. The second-order valence-corrected chi connectivity index (χ2v) is 8.63. The van der Waals surface area contributed by atoms with E-state index < -0.39 is 6.04 Å². The van der Waals surface area contributed by atoms with Gasteiger partial charge in [-0.25, -0.2) is 0 Å². The van der Waals surface area contributed by atoms with Crippen LogP contribution in [-0.2, 0) is 14.3 Å². The Morgan fingerprint density at radius 3 is 2.05 bits per heavy atom. The summed E-state index contributed by atoms with van der Waals surface area (Å²) in [7, 11) is 1.33. The van der Waals surface area contributed by atoms with Crippen LogP contribution in [0.2, 0.25) is 0 Å². The van der Waals surface area contributed by atoms with Crippen molar-refractivity contribution in [2.24, 2.45) is 16.6 Å². The van der Waals surface area contributed by atoms with E-state index in [1.54, 1.807) is 0 Å². The largest absolute Gasteiger partial charge is 0.469 e. The van der Waals surface area contributed by atoms with E-state index in [2.05, 4.69) is 44.7 Å². The third kappa shape index (κ3) is 5.59. The van der Waals surface area contributed by atoms with E-state index in [0.29, 0.717) is 6.42 Å². The number of nitrogens with one attached hydrogen (secondary N) is 1. The van der Waals surface area contributed by atoms with Gasteiger partial charge in [0.05, 0.1) is 13.2 Å². The first-order chi connectivity index (χ1) is 9.88. The Labute approximate surface area is 134 Å². The van der Waals surface area contributed by atoms with Crippen molar-refractivity contribution < 1.29 is 14.3 Å². The summed E-state index contributed by atoms with van der Waals surface area (Å²) >= 11 is 0. The number of amides is 1. The van der Waals surface area contributed by atoms with Crippen LogP contribution < -0.4 is 11.1 Å². The maximum absolute atomic E-state index is 12.4. The Morgan fingerprint density at radius 2 is 1.59 bits per heavy atom. The van der Waals surface area contributed by atoms with Gasteiger partial charge in [0.1, 0.15) is 0 Å². The number of carbonyl (C=O) groups is 2. The van der Waals surface area contributed by atoms with Crippen LogP contribution in [0.5, 0.6) is 0 Å². The molecule has 0 unspecified atom stereocenters. The van der Waals surface area contributed by atoms with E-state index in [1.165, 1.54) is 7.11 Å². The number of esters is 1. The Morgan fingerprint density at radius 1 is 1.09 bits per heavy atom. The highest BCUT2D eigenvalue weighted by Crippen LogP contribution is 2.49. The Kier molecular flexibility index (Phi) is 5.66. The maximum atomic E-state index is 12.4. The Hall–Kier alpha value is -1.10. The molecule has 3 N–H and O–H groups in total. The lowest BCUT2D eigenvalue weighted by Gasteiger charge is -2.51. The summed E-state index contributed by atoms with van der Waals surface area (Å²) in [5, 5.41) is 3.13. The van der Waals surface area contributed by atoms with Gasteiger partial charge in [0.2, 0.25) is 5.91 Å². The summed E-state index contributed by atoms with van der Waals surface area (Å²) in [4.78, 5) is 23.5. The van der Waals surface area contributed by atoms with Gasteiger partial charge in [0.25, 0.3) is 0 Å². The van der Waals surface area contributed by atoms with Gasteiger partial charge in [-0.05, 0) is 43.4 Å². The topological polar surface area (TPSA) is 81.4 Å². The van der Waals surface area contributed by atoms with Gasteiger partial charge in [0, 0.05) is 12.0 Å². The highest BCUT2D eigenvalue weighted by atomic mass is 16.5. The van der Waals surface area contributed by atoms with E-state index in [1.807, 2.05) is 0 Å². The van der Waals surface area contributed by atoms with Crippen molar-refractivity contribution in [3.63, 3.8) is 0 Å². The monoisotopic (exact) mass is 312 g/mol. The molecule has 0 aromatic rings. The van der Waals surface area contributed by atoms with E-state index in [9.17, 15) is 9.59 Å². The lowest BCUT2D eigenvalue weighted by Crippen LogP contribution is -2.58. The molecule has 0 aliphatic heterocycles. The number of hydrogen-bond donors (Lipinski definition) is 2. The Balaban J connectivity index is 2.67. The standard InChI is InChI=1S/C17H32N2O3/c1-15(2)9-16(3,4)11-17(5,10-15)19-14(21)12(18)7-8-13(20)22-6/h12H,7-11,18H2,1-6H3,(H,19,21)/t12-/m0/s1. The van der Waals surface area contributed by atoms with Crippen molar-refractivity contribution in [1.82, 2.24) is 5.32 Å². The summed E-state index contributed by atoms with van der Waals surface area (Å²) in [6.45, 7) is 11.1. The molecule has 1 fully saturated rings. The molecule has 0 aromatic heterocycles. The van der Waals surface area contributed by atoms with Crippen molar-refractivity contribution >= 4 is 11.9 Å². The van der Waals surface area contributed by atoms with Crippen molar-refractivity contribution in [3.8, 4) is 0 Å². The first kappa shape index (κ1) is 18.9. The van der Waals surface area contributed by atoms with Crippen molar-refractivity contribution in [2.75, 3.05) is 7.11 Å². The molecule has 0 heterocycles. The van der Waals surface area contributed by atoms with Gasteiger partial charge < -0.3 is 15.8 Å². The number of nitrogens with two attached hydrogens (primary N) is 1. The second kappa shape index (κ2) is 6.57. The fourth-order valence-electron chi connectivity index (χ4n) is 4.58. The summed E-state index contributed by atoms with van der Waals surface area (Å²) in [6.07, 6.45) is 3.47. The summed E-state index contributed by atoms with van der Waals surface area (Å²) in [5.74, 6) is -0.519. The average Bonchev–Trinajstić information content (AvgIpc) is 2.29. The maximum Gasteiger partial charge on any atom is 0.305 e. The van der Waals surface area contributed by atoms with Crippen LogP contribution in [0.3, 0.4) is 0 Å². The fraction of sp³-hybridized carbons (Fsp3) is 0.882. The quantitative estimate of drug-likeness (QED) is 0.764. The van der Waals surface area contributed by atoms with E-state index >= 15 is 0 Å². The minimum atomic E-state index is -0.677. The normalized spacial score (nSPS) is 23.4. The molecule has 0 bridgehead atoms. The molecule has 5 heteroatoms. The van der Waals surface area contributed by atoms with Crippen LogP contribution in [0.25, 0.3) is 0 Å². The molecule has 22 heavy (non-hydrogen) atoms. The van der Waals surface area contributed by atoms with Gasteiger partial charge in [-0.3, -0.25) is 9.59 Å². The highest BCUT2D eigenvalue weighted by Gasteiger charge is 2.45. The number of ether oxygens (including phenoxy) is 1. The molecule has 1 saturated carbocycles. The molecule has 0 aromatic carbocycles. The van der Waals surface area contributed by atoms with E-state index in [-0.39, 0.29) is 34.7 Å². The summed E-state index contributed by atoms with van der Waals surface area (Å²) in [6, 6.07) is -0.677. The fourth-order valence-corrected chi connectivity index (χ4v) is 4.58. The first-order valence-electron chi connectivity index (χ1n) is 8.03. The molecule has 1 rings (SSSR count). The zero-order valence-corrected chi connectivity index (χ0v) is 14.9. The van der Waals surface area contributed by atoms with Gasteiger partial charge in [0.15, 0.2) is 0 Å². The number of rotatable bonds is 5. The first-order valence-corrected chi connectivity index (χ1v) is 8.03. The summed E-state index contributed by atoms with van der Waals surface area (Å²) in [5.41, 5.74) is 6.01. The molecular formula is C17H32N2O3. The SMILES string of the molecule is COC(=O)CC[C@H](N)C(=O)NC1(C)CC(C)(C)CC(C)(C)C1. The van der Waals surface area contributed by atoms with Crippen LogP contribution in [0.15, 0.2) is 0 Å². The molecular weight excluding hydrogens is 280 g/mol. The molecule has 5 nitrogen and oxygen atoms in total. The lowest BCUT2D eigenvalue weighted by molar-refractivity contribution is -0.140. The van der Waals surface area contributed by atoms with Crippen LogP contribution in [0, 0.1) is 10.8 Å². The average molecular weight is 312 g/mol. The highest BCUT2D eigenvalue weighted by molar-refractivity contribution is 5.83. The third-order valence-corrected chi connectivity index (χ3v) is 4.34. The van der Waals surface area contributed by atoms with Crippen LogP contribution in [0.4, 0.5) is 0 Å². The predicted molar refractivity (Wildman–Crippen MR) is 87.2 cm³/mol. The molecule has 1 amide bonds. The van der Waals surface area contributed by atoms with E-state index in [0.717, 1.165) is 19.3 Å². The van der Waals surface area contributed by atoms with Crippen LogP contribution in [0.1, 0.15) is 66.7 Å². The van der Waals surface area contributed by atoms with Crippen LogP contribution >= 0.6 is 0 Å². The van der Waals surface area contributed by atoms with Crippen molar-refractivity contribution in [2.45, 2.75) is 78.3 Å². The molecule has 1 atom stereocenters. The predicted octanol–water partition coefficient (Wildman–Crippen LogP) is 2.38. The minimum Gasteiger partial charge on any atom is -0.469 e. The van der Waals surface area contributed by atoms with Gasteiger partial charge >= 0.3 is 5.97 Å². The van der Waals surface area contributed by atoms with Gasteiger partial charge in [-0.1, -0.05) is 27.7 Å². The second-order valence-electron chi connectivity index (χ2n) is 8.63. The molecule has 0 radical (unpaired) electrons. The molecule has 1 aliphatic carbocycles. The van der Waals surface area contributed by atoms with Gasteiger partial charge in [-0.15, -0.1) is 0 Å². The van der Waals surface area contributed by atoms with Crippen molar-refractivity contribution in [1.29, 1.82) is 0 Å². The number of hydrogen-bond acceptors (Lipinski definition) is 4. The number of methoxy groups -OCH3 is 1. The smallest absolute Gasteiger partial charge is 0.305 e. The Bertz CT molecular complexity index is 414. The van der Waals surface area contributed by atoms with Crippen molar-refractivity contribution in [3.05, 3.63) is 0 Å². The van der Waals surface area contributed by atoms with Gasteiger partial charge in [-0.2, -0.15) is 0 Å². The minimum absolute atomic E-state index is 0.165. The molecule has 128 valence electrons. The third-order valence-electron chi connectivity index (χ3n) is 4.34. The number of carbonyl (C=O) groups excluding carboxylic acids is 2. The summed E-state index contributed by atoms with van der Waals surface area (Å²) < 4.78 is 4.58. The zero-order valence-electron chi connectivity index (χ0n) is 14.9. The molecule has 0 saturated heterocycles.